The van der Waals surface area contributed by atoms with Gasteiger partial charge in [-0.15, -0.1) is 0 Å². The van der Waals surface area contributed by atoms with Gasteiger partial charge in [-0.05, 0) is 48.2 Å². The van der Waals surface area contributed by atoms with Gasteiger partial charge < -0.3 is 14.6 Å². The molecule has 0 bridgehead atoms. The number of nitrogens with zero attached hydrogens (tertiary/aromatic N) is 1. The molecule has 0 atom stereocenters. The third-order valence-corrected chi connectivity index (χ3v) is 7.01. The predicted octanol–water partition coefficient (Wildman–Crippen LogP) is 7.41. The number of benzene rings is 4. The van der Waals surface area contributed by atoms with Crippen LogP contribution in [0.1, 0.15) is 39.5 Å². The van der Waals surface area contributed by atoms with Crippen LogP contribution in [0.2, 0.25) is 0 Å². The number of aromatic nitrogens is 1. The van der Waals surface area contributed by atoms with Crippen LogP contribution in [-0.4, -0.2) is 24.1 Å². The van der Waals surface area contributed by atoms with Crippen LogP contribution in [-0.2, 0) is 0 Å². The van der Waals surface area contributed by atoms with E-state index in [1.165, 1.54) is 11.1 Å². The molecule has 0 saturated carbocycles. The van der Waals surface area contributed by atoms with Crippen molar-refractivity contribution < 1.29 is 9.53 Å². The van der Waals surface area contributed by atoms with Crippen molar-refractivity contribution in [3.8, 4) is 22.7 Å². The van der Waals surface area contributed by atoms with Gasteiger partial charge in [0.05, 0.1) is 24.1 Å². The van der Waals surface area contributed by atoms with Crippen LogP contribution >= 0.6 is 0 Å². The summed E-state index contributed by atoms with van der Waals surface area (Å²) < 4.78 is 7.78. The monoisotopic (exact) mass is 500 g/mol. The molecule has 0 aliphatic carbocycles. The fraction of sp³-hybridized carbons (Fsp3) is 0.147. The summed E-state index contributed by atoms with van der Waals surface area (Å²) in [5, 5.41) is 3.20. The zero-order chi connectivity index (χ0) is 26.3. The van der Waals surface area contributed by atoms with Crippen LogP contribution < -0.4 is 10.1 Å². The molecule has 1 N–H and O–H groups in total. The lowest BCUT2D eigenvalue weighted by Crippen LogP contribution is -2.26. The van der Waals surface area contributed by atoms with E-state index in [1.807, 2.05) is 67.6 Å². The van der Waals surface area contributed by atoms with Crippen LogP contribution in [0.4, 0.5) is 0 Å². The van der Waals surface area contributed by atoms with Crippen LogP contribution in [0, 0.1) is 6.92 Å². The third kappa shape index (κ3) is 5.25. The maximum atomic E-state index is 13.5. The first-order valence-corrected chi connectivity index (χ1v) is 13.0. The van der Waals surface area contributed by atoms with Gasteiger partial charge in [0, 0.05) is 18.2 Å². The molecule has 5 aromatic rings. The average Bonchev–Trinajstić information content (AvgIpc) is 3.33. The summed E-state index contributed by atoms with van der Waals surface area (Å²) in [7, 11) is 1.67. The van der Waals surface area contributed by atoms with E-state index in [9.17, 15) is 4.79 Å². The van der Waals surface area contributed by atoms with Gasteiger partial charge in [0.1, 0.15) is 5.75 Å². The number of carbonyl (C=O) groups is 1. The normalized spacial score (nSPS) is 10.9. The number of methoxy groups -OCH3 is 1. The minimum atomic E-state index is -0.0757. The molecule has 1 amide bonds. The summed E-state index contributed by atoms with van der Waals surface area (Å²) in [5.41, 5.74) is 6.91. The molecule has 0 radical (unpaired) electrons. The number of hydrogen-bond donors (Lipinski definition) is 1. The molecule has 0 aliphatic rings. The van der Waals surface area contributed by atoms with Crippen molar-refractivity contribution in [2.45, 2.75) is 19.3 Å². The smallest absolute Gasteiger partial charge is 0.253 e. The highest BCUT2D eigenvalue weighted by atomic mass is 16.5. The molecule has 4 nitrogen and oxygen atoms in total. The van der Waals surface area contributed by atoms with Crippen molar-refractivity contribution in [1.29, 1.82) is 0 Å². The molecule has 0 fully saturated rings. The summed E-state index contributed by atoms with van der Waals surface area (Å²) >= 11 is 0. The number of carbonyl (C=O) groups excluding carboxylic acids is 1. The molecule has 0 unspecified atom stereocenters. The van der Waals surface area contributed by atoms with Crippen molar-refractivity contribution in [3.63, 3.8) is 0 Å². The topological polar surface area (TPSA) is 43.3 Å². The van der Waals surface area contributed by atoms with Gasteiger partial charge in [-0.3, -0.25) is 4.79 Å². The first kappa shape index (κ1) is 25.1. The number of rotatable bonds is 9. The summed E-state index contributed by atoms with van der Waals surface area (Å²) in [4.78, 5) is 13.5. The molecular weight excluding hydrogens is 468 g/mol. The Labute approximate surface area is 224 Å². The van der Waals surface area contributed by atoms with Crippen LogP contribution in [0.5, 0.6) is 5.75 Å². The first-order valence-electron chi connectivity index (χ1n) is 13.0. The van der Waals surface area contributed by atoms with Crippen molar-refractivity contribution in [3.05, 3.63) is 144 Å². The van der Waals surface area contributed by atoms with E-state index in [0.717, 1.165) is 34.8 Å². The molecule has 5 rings (SSSR count). The molecule has 4 aromatic carbocycles. The van der Waals surface area contributed by atoms with Crippen LogP contribution in [0.25, 0.3) is 16.9 Å². The second kappa shape index (κ2) is 11.7. The highest BCUT2D eigenvalue weighted by Crippen LogP contribution is 2.34. The second-order valence-electron chi connectivity index (χ2n) is 9.32. The van der Waals surface area contributed by atoms with E-state index in [1.54, 1.807) is 7.11 Å². The van der Waals surface area contributed by atoms with Crippen molar-refractivity contribution in [1.82, 2.24) is 9.88 Å². The average molecular weight is 501 g/mol. The Balaban J connectivity index is 1.43. The Morgan fingerprint density at radius 1 is 0.789 bits per heavy atom. The maximum absolute atomic E-state index is 13.5. The Kier molecular flexibility index (Phi) is 7.70. The minimum Gasteiger partial charge on any atom is -0.495 e. The van der Waals surface area contributed by atoms with Crippen molar-refractivity contribution >= 4 is 5.91 Å². The van der Waals surface area contributed by atoms with Gasteiger partial charge in [0.25, 0.3) is 5.91 Å². The van der Waals surface area contributed by atoms with E-state index >= 15 is 0 Å². The van der Waals surface area contributed by atoms with Crippen LogP contribution in [0.15, 0.2) is 121 Å². The molecule has 4 heteroatoms. The summed E-state index contributed by atoms with van der Waals surface area (Å²) in [6.07, 6.45) is 0.803. The largest absolute Gasteiger partial charge is 0.495 e. The zero-order valence-electron chi connectivity index (χ0n) is 21.8. The summed E-state index contributed by atoms with van der Waals surface area (Å²) in [6.45, 7) is 2.55. The fourth-order valence-corrected chi connectivity index (χ4v) is 5.10. The second-order valence-corrected chi connectivity index (χ2v) is 9.32. The highest BCUT2D eigenvalue weighted by molar-refractivity contribution is 5.97. The third-order valence-electron chi connectivity index (χ3n) is 7.01. The standard InChI is InChI=1S/C34H32N2O2/c1-25-30(24-32(28-18-10-5-11-19-28)36(25)31-20-12-13-21-33(31)38-2)34(37)35-23-22-29(26-14-6-3-7-15-26)27-16-8-4-9-17-27/h3-21,24,29H,22-23H2,1-2H3,(H,35,37). The molecule has 38 heavy (non-hydrogen) atoms. The molecule has 0 saturated heterocycles. The Morgan fingerprint density at radius 3 is 1.95 bits per heavy atom. The van der Waals surface area contributed by atoms with Gasteiger partial charge in [-0.25, -0.2) is 0 Å². The summed E-state index contributed by atoms with van der Waals surface area (Å²) in [5.74, 6) is 0.883. The molecule has 0 aliphatic heterocycles. The lowest BCUT2D eigenvalue weighted by molar-refractivity contribution is 0.0952. The Morgan fingerprint density at radius 2 is 1.34 bits per heavy atom. The number of ether oxygens (including phenoxy) is 1. The van der Waals surface area contributed by atoms with Gasteiger partial charge in [-0.2, -0.15) is 0 Å². The van der Waals surface area contributed by atoms with E-state index < -0.39 is 0 Å². The zero-order valence-corrected chi connectivity index (χ0v) is 21.8. The first-order chi connectivity index (χ1) is 18.7. The molecular formula is C34H32N2O2. The predicted molar refractivity (Wildman–Crippen MR) is 154 cm³/mol. The number of hydrogen-bond acceptors (Lipinski definition) is 2. The summed E-state index contributed by atoms with van der Waals surface area (Å²) in [6, 6.07) is 41.0. The van der Waals surface area contributed by atoms with E-state index in [0.29, 0.717) is 12.1 Å². The van der Waals surface area contributed by atoms with Crippen LogP contribution in [0.3, 0.4) is 0 Å². The minimum absolute atomic E-state index is 0.0757. The maximum Gasteiger partial charge on any atom is 0.253 e. The quantitative estimate of drug-likeness (QED) is 0.229. The number of para-hydroxylation sites is 2. The fourth-order valence-electron chi connectivity index (χ4n) is 5.10. The van der Waals surface area contributed by atoms with E-state index in [4.69, 9.17) is 4.74 Å². The lowest BCUT2D eigenvalue weighted by Gasteiger charge is -2.18. The Bertz CT molecular complexity index is 1450. The van der Waals surface area contributed by atoms with E-state index in [-0.39, 0.29) is 11.8 Å². The molecule has 1 heterocycles. The SMILES string of the molecule is COc1ccccc1-n1c(-c2ccccc2)cc(C(=O)NCCC(c2ccccc2)c2ccccc2)c1C. The van der Waals surface area contributed by atoms with Gasteiger partial charge in [0.2, 0.25) is 0 Å². The number of amides is 1. The molecule has 190 valence electrons. The van der Waals surface area contributed by atoms with E-state index in [2.05, 4.69) is 70.5 Å². The molecule has 1 aromatic heterocycles. The van der Waals surface area contributed by atoms with Crippen molar-refractivity contribution in [2.24, 2.45) is 0 Å². The van der Waals surface area contributed by atoms with Crippen molar-refractivity contribution in [2.75, 3.05) is 13.7 Å². The highest BCUT2D eigenvalue weighted by Gasteiger charge is 2.22. The lowest BCUT2D eigenvalue weighted by atomic mass is 9.88. The van der Waals surface area contributed by atoms with Gasteiger partial charge in [-0.1, -0.05) is 103 Å². The van der Waals surface area contributed by atoms with Gasteiger partial charge >= 0.3 is 0 Å². The Hall–Kier alpha value is -4.57. The number of nitrogens with one attached hydrogen (secondary N) is 1. The molecule has 0 spiro atoms. The van der Waals surface area contributed by atoms with Gasteiger partial charge in [0.15, 0.2) is 0 Å².